The molecule has 20 heavy (non-hydrogen) atoms. The summed E-state index contributed by atoms with van der Waals surface area (Å²) in [4.78, 5) is 14.8. The molecule has 3 heteroatoms. The molecule has 1 heterocycles. The van der Waals surface area contributed by atoms with Gasteiger partial charge in [0.05, 0.1) is 12.2 Å². The third-order valence-electron chi connectivity index (χ3n) is 4.11. The molecule has 1 amide bonds. The van der Waals surface area contributed by atoms with Crippen molar-refractivity contribution in [3.63, 3.8) is 0 Å². The van der Waals surface area contributed by atoms with Gasteiger partial charge in [0.15, 0.2) is 0 Å². The van der Waals surface area contributed by atoms with Crippen molar-refractivity contribution in [3.8, 4) is 0 Å². The van der Waals surface area contributed by atoms with Crippen molar-refractivity contribution in [2.24, 2.45) is 11.8 Å². The van der Waals surface area contributed by atoms with Crippen molar-refractivity contribution in [2.75, 3.05) is 0 Å². The molecule has 118 valence electrons. The Kier molecular flexibility index (Phi) is 7.01. The van der Waals surface area contributed by atoms with Crippen LogP contribution in [-0.2, 0) is 4.79 Å². The van der Waals surface area contributed by atoms with Crippen LogP contribution in [0.1, 0.15) is 73.6 Å². The number of rotatable bonds is 8. The van der Waals surface area contributed by atoms with Gasteiger partial charge >= 0.3 is 0 Å². The first-order chi connectivity index (χ1) is 9.36. The van der Waals surface area contributed by atoms with Crippen molar-refractivity contribution in [2.45, 2.75) is 91.9 Å². The molecular weight excluding hydrogens is 248 g/mol. The Labute approximate surface area is 125 Å². The maximum Gasteiger partial charge on any atom is 0.241 e. The molecule has 1 aliphatic rings. The molecule has 3 unspecified atom stereocenters. The monoisotopic (exact) mass is 282 g/mol. The first-order valence-corrected chi connectivity index (χ1v) is 8.45. The van der Waals surface area contributed by atoms with E-state index in [1.807, 2.05) is 0 Å². The Morgan fingerprint density at radius 2 is 1.80 bits per heavy atom. The molecule has 0 spiro atoms. The van der Waals surface area contributed by atoms with Crippen LogP contribution < -0.4 is 5.32 Å². The zero-order valence-electron chi connectivity index (χ0n) is 14.3. The van der Waals surface area contributed by atoms with Gasteiger partial charge in [0.2, 0.25) is 5.91 Å². The highest BCUT2D eigenvalue weighted by molar-refractivity contribution is 5.84. The first kappa shape index (κ1) is 17.5. The van der Waals surface area contributed by atoms with Gasteiger partial charge < -0.3 is 4.90 Å². The van der Waals surface area contributed by atoms with Gasteiger partial charge in [0.1, 0.15) is 0 Å². The van der Waals surface area contributed by atoms with Gasteiger partial charge in [-0.05, 0) is 38.0 Å². The topological polar surface area (TPSA) is 32.3 Å². The van der Waals surface area contributed by atoms with Crippen LogP contribution in [0.3, 0.4) is 0 Å². The maximum atomic E-state index is 12.7. The summed E-state index contributed by atoms with van der Waals surface area (Å²) in [5.74, 6) is 1.57. The molecule has 1 fully saturated rings. The highest BCUT2D eigenvalue weighted by Gasteiger charge is 2.40. The minimum Gasteiger partial charge on any atom is -0.323 e. The Morgan fingerprint density at radius 3 is 2.30 bits per heavy atom. The average molecular weight is 282 g/mol. The zero-order chi connectivity index (χ0) is 15.3. The molecule has 0 aromatic heterocycles. The average Bonchev–Trinajstić information content (AvgIpc) is 2.61. The summed E-state index contributed by atoms with van der Waals surface area (Å²) < 4.78 is 0. The van der Waals surface area contributed by atoms with E-state index in [0.717, 1.165) is 32.1 Å². The van der Waals surface area contributed by atoms with Gasteiger partial charge in [-0.15, -0.1) is 0 Å². The molecular formula is C17H34N2O. The first-order valence-electron chi connectivity index (χ1n) is 8.45. The van der Waals surface area contributed by atoms with Crippen LogP contribution in [0.5, 0.6) is 0 Å². The highest BCUT2D eigenvalue weighted by Crippen LogP contribution is 2.25. The van der Waals surface area contributed by atoms with Crippen LogP contribution in [0.15, 0.2) is 0 Å². The van der Waals surface area contributed by atoms with Crippen molar-refractivity contribution in [1.29, 1.82) is 0 Å². The number of hydrogen-bond donors (Lipinski definition) is 1. The molecule has 1 N–H and O–H groups in total. The van der Waals surface area contributed by atoms with Gasteiger partial charge in [-0.1, -0.05) is 47.5 Å². The Morgan fingerprint density at radius 1 is 1.15 bits per heavy atom. The fraction of sp³-hybridized carbons (Fsp3) is 0.941. The predicted octanol–water partition coefficient (Wildman–Crippen LogP) is 3.78. The summed E-state index contributed by atoms with van der Waals surface area (Å²) in [5, 5.41) is 3.59. The Hall–Kier alpha value is -0.570. The fourth-order valence-corrected chi connectivity index (χ4v) is 3.28. The predicted molar refractivity (Wildman–Crippen MR) is 85.5 cm³/mol. The molecule has 3 atom stereocenters. The van der Waals surface area contributed by atoms with Gasteiger partial charge in [0, 0.05) is 6.04 Å². The summed E-state index contributed by atoms with van der Waals surface area (Å²) in [6, 6.07) is 0.388. The molecule has 0 radical (unpaired) electrons. The van der Waals surface area contributed by atoms with Crippen LogP contribution in [0.25, 0.3) is 0 Å². The molecule has 0 bridgehead atoms. The summed E-state index contributed by atoms with van der Waals surface area (Å²) in [6.45, 7) is 13.3. The van der Waals surface area contributed by atoms with E-state index in [0.29, 0.717) is 23.8 Å². The van der Waals surface area contributed by atoms with Crippen molar-refractivity contribution in [3.05, 3.63) is 0 Å². The second kappa shape index (κ2) is 8.02. The number of hydrogen-bond acceptors (Lipinski definition) is 2. The maximum absolute atomic E-state index is 12.7. The molecule has 0 aromatic carbocycles. The lowest BCUT2D eigenvalue weighted by Crippen LogP contribution is -2.44. The van der Waals surface area contributed by atoms with Crippen molar-refractivity contribution >= 4 is 5.91 Å². The third-order valence-corrected chi connectivity index (χ3v) is 4.11. The minimum absolute atomic E-state index is 0.0494. The molecule has 1 saturated heterocycles. The summed E-state index contributed by atoms with van der Waals surface area (Å²) >= 11 is 0. The zero-order valence-corrected chi connectivity index (χ0v) is 14.3. The van der Waals surface area contributed by atoms with Crippen LogP contribution >= 0.6 is 0 Å². The van der Waals surface area contributed by atoms with Crippen molar-refractivity contribution < 1.29 is 4.79 Å². The fourth-order valence-electron chi connectivity index (χ4n) is 3.28. The van der Waals surface area contributed by atoms with Gasteiger partial charge in [-0.25, -0.2) is 0 Å². The van der Waals surface area contributed by atoms with Gasteiger partial charge in [-0.2, -0.15) is 0 Å². The number of carbonyl (C=O) groups excluding carboxylic acids is 1. The molecule has 0 saturated carbocycles. The summed E-state index contributed by atoms with van der Waals surface area (Å²) in [6.07, 6.45) is 5.64. The van der Waals surface area contributed by atoms with Gasteiger partial charge in [-0.3, -0.25) is 10.1 Å². The quantitative estimate of drug-likeness (QED) is 0.734. The Balaban J connectivity index is 2.76. The number of amides is 1. The second-order valence-corrected chi connectivity index (χ2v) is 7.23. The normalized spacial score (nSPS) is 25.0. The molecule has 1 aliphatic heterocycles. The lowest BCUT2D eigenvalue weighted by Gasteiger charge is -2.32. The van der Waals surface area contributed by atoms with E-state index in [9.17, 15) is 4.79 Å². The second-order valence-electron chi connectivity index (χ2n) is 7.23. The Bertz CT molecular complexity index is 301. The van der Waals surface area contributed by atoms with Crippen LogP contribution in [-0.4, -0.2) is 29.1 Å². The van der Waals surface area contributed by atoms with E-state index in [1.54, 1.807) is 0 Å². The number of nitrogens with one attached hydrogen (secondary N) is 1. The molecule has 0 aromatic rings. The number of carbonyl (C=O) groups is 1. The molecule has 0 aliphatic carbocycles. The van der Waals surface area contributed by atoms with E-state index < -0.39 is 0 Å². The summed E-state index contributed by atoms with van der Waals surface area (Å²) in [7, 11) is 0. The highest BCUT2D eigenvalue weighted by atomic mass is 16.2. The van der Waals surface area contributed by atoms with Crippen LogP contribution in [0, 0.1) is 11.8 Å². The lowest BCUT2D eigenvalue weighted by atomic mass is 10.0. The minimum atomic E-state index is 0.0494. The van der Waals surface area contributed by atoms with E-state index in [1.165, 1.54) is 0 Å². The van der Waals surface area contributed by atoms with Crippen LogP contribution in [0.2, 0.25) is 0 Å². The SMILES string of the molecule is CCCCC1NC(CC(C)C)N(C(C)CC(C)C)C1=O. The largest absolute Gasteiger partial charge is 0.323 e. The standard InChI is InChI=1S/C17H34N2O/c1-7-8-9-15-17(20)19(14(6)10-12(2)3)16(18-15)11-13(4)5/h12-16,18H,7-11H2,1-6H3. The van der Waals surface area contributed by atoms with Crippen LogP contribution in [0.4, 0.5) is 0 Å². The van der Waals surface area contributed by atoms with E-state index >= 15 is 0 Å². The van der Waals surface area contributed by atoms with E-state index in [-0.39, 0.29) is 12.2 Å². The summed E-state index contributed by atoms with van der Waals surface area (Å²) in [5.41, 5.74) is 0. The molecule has 3 nitrogen and oxygen atoms in total. The number of nitrogens with zero attached hydrogens (tertiary/aromatic N) is 1. The van der Waals surface area contributed by atoms with E-state index in [2.05, 4.69) is 51.8 Å². The van der Waals surface area contributed by atoms with E-state index in [4.69, 9.17) is 0 Å². The molecule has 1 rings (SSSR count). The van der Waals surface area contributed by atoms with Gasteiger partial charge in [0.25, 0.3) is 0 Å². The lowest BCUT2D eigenvalue weighted by molar-refractivity contribution is -0.132. The number of unbranched alkanes of at least 4 members (excludes halogenated alkanes) is 1. The third kappa shape index (κ3) is 4.76. The smallest absolute Gasteiger partial charge is 0.241 e. The van der Waals surface area contributed by atoms with Crippen molar-refractivity contribution in [1.82, 2.24) is 10.2 Å².